The van der Waals surface area contributed by atoms with E-state index in [1.54, 1.807) is 12.0 Å². The lowest BCUT2D eigenvalue weighted by Gasteiger charge is -2.18. The molecule has 188 valence electrons. The van der Waals surface area contributed by atoms with Crippen molar-refractivity contribution in [2.24, 2.45) is 5.92 Å². The molecule has 2 aliphatic rings. The fourth-order valence-electron chi connectivity index (χ4n) is 5.15. The number of halogens is 1. The number of anilines is 1. The van der Waals surface area contributed by atoms with Gasteiger partial charge in [0, 0.05) is 56.6 Å². The van der Waals surface area contributed by atoms with Crippen molar-refractivity contribution in [1.82, 2.24) is 4.31 Å². The zero-order chi connectivity index (χ0) is 25.4. The van der Waals surface area contributed by atoms with E-state index in [-0.39, 0.29) is 36.1 Å². The Labute approximate surface area is 209 Å². The molecule has 2 aliphatic heterocycles. The van der Waals surface area contributed by atoms with Gasteiger partial charge in [0.1, 0.15) is 11.6 Å². The Kier molecular flexibility index (Phi) is 6.63. The van der Waals surface area contributed by atoms with E-state index in [1.165, 1.54) is 16.4 Å². The van der Waals surface area contributed by atoms with E-state index < -0.39 is 21.8 Å². The van der Waals surface area contributed by atoms with Crippen molar-refractivity contribution in [3.8, 4) is 0 Å². The summed E-state index contributed by atoms with van der Waals surface area (Å²) in [5.41, 5.74) is 2.30. The number of hydrogen-bond donors (Lipinski definition) is 0. The minimum atomic E-state index is -3.79. The summed E-state index contributed by atoms with van der Waals surface area (Å²) in [6, 6.07) is 14.1. The van der Waals surface area contributed by atoms with Gasteiger partial charge in [-0.1, -0.05) is 18.2 Å². The van der Waals surface area contributed by atoms with Gasteiger partial charge in [0.15, 0.2) is 0 Å². The molecule has 0 bridgehead atoms. The molecule has 7 nitrogen and oxygen atoms in total. The highest BCUT2D eigenvalue weighted by atomic mass is 32.2. The molecule has 0 saturated carbocycles. The van der Waals surface area contributed by atoms with Gasteiger partial charge < -0.3 is 9.64 Å². The number of carbonyl (C=O) groups is 2. The van der Waals surface area contributed by atoms with Crippen LogP contribution in [0.1, 0.15) is 28.8 Å². The maximum absolute atomic E-state index is 13.2. The van der Waals surface area contributed by atoms with Crippen molar-refractivity contribution in [2.75, 3.05) is 38.3 Å². The van der Waals surface area contributed by atoms with Crippen LogP contribution in [0.4, 0.5) is 10.1 Å². The molecule has 1 atom stereocenters. The lowest BCUT2D eigenvalue weighted by molar-refractivity contribution is -0.121. The SMILES string of the molecule is COCCCN1C(=O)c2cccc3c(CC(=O)C4CCN(S(=O)(=O)c5ccc(F)cc5)C4)ccc1c23. The molecular formula is C27H27FN2O5S. The Balaban J connectivity index is 1.34. The molecule has 1 amide bonds. The molecule has 3 aromatic carbocycles. The van der Waals surface area contributed by atoms with Crippen LogP contribution in [0.15, 0.2) is 59.5 Å². The van der Waals surface area contributed by atoms with E-state index >= 15 is 0 Å². The molecule has 0 spiro atoms. The molecule has 1 fully saturated rings. The van der Waals surface area contributed by atoms with E-state index in [0.717, 1.165) is 40.6 Å². The van der Waals surface area contributed by atoms with Gasteiger partial charge in [-0.25, -0.2) is 12.8 Å². The molecule has 1 saturated heterocycles. The van der Waals surface area contributed by atoms with Crippen molar-refractivity contribution in [3.05, 3.63) is 71.5 Å². The molecule has 36 heavy (non-hydrogen) atoms. The van der Waals surface area contributed by atoms with Crippen LogP contribution >= 0.6 is 0 Å². The summed E-state index contributed by atoms with van der Waals surface area (Å²) < 4.78 is 45.5. The van der Waals surface area contributed by atoms with E-state index in [2.05, 4.69) is 0 Å². The predicted molar refractivity (Wildman–Crippen MR) is 134 cm³/mol. The molecule has 0 aromatic heterocycles. The molecule has 9 heteroatoms. The normalized spacial score (nSPS) is 17.9. The van der Waals surface area contributed by atoms with Crippen LogP contribution < -0.4 is 4.90 Å². The molecule has 0 aliphatic carbocycles. The Bertz CT molecular complexity index is 1440. The molecule has 3 aromatic rings. The minimum absolute atomic E-state index is 0.0178. The monoisotopic (exact) mass is 510 g/mol. The Hall–Kier alpha value is -3.14. The van der Waals surface area contributed by atoms with Crippen LogP contribution in [-0.2, 0) is 26.0 Å². The van der Waals surface area contributed by atoms with Crippen LogP contribution in [0.2, 0.25) is 0 Å². The second-order valence-corrected chi connectivity index (χ2v) is 11.2. The second-order valence-electron chi connectivity index (χ2n) is 9.22. The first-order valence-corrected chi connectivity index (χ1v) is 13.4. The lowest BCUT2D eigenvalue weighted by atomic mass is 9.93. The van der Waals surface area contributed by atoms with Crippen LogP contribution in [0.25, 0.3) is 10.8 Å². The highest BCUT2D eigenvalue weighted by molar-refractivity contribution is 7.89. The fourth-order valence-corrected chi connectivity index (χ4v) is 6.65. The molecule has 0 radical (unpaired) electrons. The molecule has 5 rings (SSSR count). The lowest BCUT2D eigenvalue weighted by Crippen LogP contribution is -2.30. The van der Waals surface area contributed by atoms with Gasteiger partial charge in [0.25, 0.3) is 5.91 Å². The van der Waals surface area contributed by atoms with E-state index in [4.69, 9.17) is 4.74 Å². The van der Waals surface area contributed by atoms with Gasteiger partial charge in [-0.15, -0.1) is 0 Å². The molecule has 1 unspecified atom stereocenters. The summed E-state index contributed by atoms with van der Waals surface area (Å²) in [5.74, 6) is -1.01. The van der Waals surface area contributed by atoms with E-state index in [9.17, 15) is 22.4 Å². The van der Waals surface area contributed by atoms with Crippen molar-refractivity contribution in [1.29, 1.82) is 0 Å². The largest absolute Gasteiger partial charge is 0.385 e. The number of ketones is 1. The number of carbonyl (C=O) groups excluding carboxylic acids is 2. The third-order valence-corrected chi connectivity index (χ3v) is 8.91. The first-order chi connectivity index (χ1) is 17.3. The van der Waals surface area contributed by atoms with E-state index in [0.29, 0.717) is 25.1 Å². The first-order valence-electron chi connectivity index (χ1n) is 11.9. The van der Waals surface area contributed by atoms with Gasteiger partial charge in [-0.2, -0.15) is 4.31 Å². The standard InChI is InChI=1S/C27H27FN2O5S/c1-35-15-3-13-30-24-11-6-18(22-4-2-5-23(26(22)24)27(30)32)16-25(31)19-12-14-29(17-19)36(33,34)21-9-7-20(28)8-10-21/h2,4-11,19H,3,12-17H2,1H3. The summed E-state index contributed by atoms with van der Waals surface area (Å²) in [6.45, 7) is 1.46. The number of amides is 1. The number of methoxy groups -OCH3 is 1. The van der Waals surface area contributed by atoms with Crippen molar-refractivity contribution in [3.63, 3.8) is 0 Å². The number of nitrogens with zero attached hydrogens (tertiary/aromatic N) is 2. The number of benzene rings is 3. The smallest absolute Gasteiger partial charge is 0.258 e. The predicted octanol–water partition coefficient (Wildman–Crippen LogP) is 3.80. The summed E-state index contributed by atoms with van der Waals surface area (Å²) in [4.78, 5) is 28.0. The zero-order valence-corrected chi connectivity index (χ0v) is 20.8. The van der Waals surface area contributed by atoms with Crippen LogP contribution in [0, 0.1) is 11.7 Å². The topological polar surface area (TPSA) is 84.0 Å². The highest BCUT2D eigenvalue weighted by Gasteiger charge is 2.36. The number of hydrogen-bond acceptors (Lipinski definition) is 5. The maximum atomic E-state index is 13.2. The van der Waals surface area contributed by atoms with Gasteiger partial charge >= 0.3 is 0 Å². The average molecular weight is 511 g/mol. The average Bonchev–Trinajstić information content (AvgIpc) is 3.47. The molecule has 2 heterocycles. The van der Waals surface area contributed by atoms with Crippen LogP contribution in [0.5, 0.6) is 0 Å². The Morgan fingerprint density at radius 2 is 1.89 bits per heavy atom. The van der Waals surface area contributed by atoms with Crippen molar-refractivity contribution >= 4 is 38.2 Å². The number of sulfonamides is 1. The highest BCUT2D eigenvalue weighted by Crippen LogP contribution is 2.39. The van der Waals surface area contributed by atoms with Gasteiger partial charge in [-0.3, -0.25) is 9.59 Å². The third kappa shape index (κ3) is 4.31. The van der Waals surface area contributed by atoms with Crippen LogP contribution in [0.3, 0.4) is 0 Å². The van der Waals surface area contributed by atoms with Crippen LogP contribution in [-0.4, -0.2) is 57.8 Å². The van der Waals surface area contributed by atoms with Crippen molar-refractivity contribution in [2.45, 2.75) is 24.2 Å². The van der Waals surface area contributed by atoms with Gasteiger partial charge in [0.05, 0.1) is 10.6 Å². The fraction of sp³-hybridized carbons (Fsp3) is 0.333. The summed E-state index contributed by atoms with van der Waals surface area (Å²) >= 11 is 0. The van der Waals surface area contributed by atoms with Gasteiger partial charge in [0.2, 0.25) is 10.0 Å². The summed E-state index contributed by atoms with van der Waals surface area (Å²) in [5, 5.41) is 1.73. The zero-order valence-electron chi connectivity index (χ0n) is 19.9. The van der Waals surface area contributed by atoms with E-state index in [1.807, 2.05) is 30.3 Å². The second kappa shape index (κ2) is 9.72. The van der Waals surface area contributed by atoms with Gasteiger partial charge in [-0.05, 0) is 60.2 Å². The maximum Gasteiger partial charge on any atom is 0.258 e. The molecular weight excluding hydrogens is 483 g/mol. The quantitative estimate of drug-likeness (QED) is 0.409. The Morgan fingerprint density at radius 3 is 2.64 bits per heavy atom. The first kappa shape index (κ1) is 24.5. The summed E-state index contributed by atoms with van der Waals surface area (Å²) in [6.07, 6.45) is 1.32. The summed E-state index contributed by atoms with van der Waals surface area (Å²) in [7, 11) is -2.16. The number of Topliss-reactive ketones (excluding diaryl/α,β-unsaturated/α-hetero) is 1. The van der Waals surface area contributed by atoms with Crippen molar-refractivity contribution < 1.29 is 27.1 Å². The number of rotatable bonds is 9. The minimum Gasteiger partial charge on any atom is -0.385 e. The number of ether oxygens (including phenoxy) is 1. The third-order valence-electron chi connectivity index (χ3n) is 7.03. The Morgan fingerprint density at radius 1 is 1.11 bits per heavy atom. The molecule has 0 N–H and O–H groups in total.